The molecule has 0 N–H and O–H groups in total. The maximum Gasteiger partial charge on any atom is 0.353 e. The summed E-state index contributed by atoms with van der Waals surface area (Å²) in [5.41, 5.74) is -2.57. The van der Waals surface area contributed by atoms with E-state index in [0.717, 1.165) is 0 Å². The van der Waals surface area contributed by atoms with Crippen molar-refractivity contribution in [1.82, 2.24) is 0 Å². The first kappa shape index (κ1) is 12.7. The van der Waals surface area contributed by atoms with Crippen molar-refractivity contribution in [2.45, 2.75) is 38.5 Å². The first-order valence-electron chi connectivity index (χ1n) is 5.79. The first-order chi connectivity index (χ1) is 8.24. The van der Waals surface area contributed by atoms with Crippen LogP contribution < -0.4 is 0 Å². The van der Waals surface area contributed by atoms with Crippen LogP contribution in [0.1, 0.15) is 36.7 Å². The van der Waals surface area contributed by atoms with E-state index in [0.29, 0.717) is 5.56 Å². The molecule has 0 spiro atoms. The average Bonchev–Trinajstić information content (AvgIpc) is 2.51. The fourth-order valence-electron chi connectivity index (χ4n) is 1.98. The predicted molar refractivity (Wildman–Crippen MR) is 64.2 cm³/mol. The van der Waals surface area contributed by atoms with Crippen molar-refractivity contribution in [1.29, 1.82) is 0 Å². The van der Waals surface area contributed by atoms with Gasteiger partial charge in [-0.05, 0) is 26.3 Å². The number of benzene rings is 1. The van der Waals surface area contributed by atoms with E-state index in [1.165, 1.54) is 6.07 Å². The Morgan fingerprint density at radius 1 is 1.33 bits per heavy atom. The smallest absolute Gasteiger partial charge is 0.353 e. The molecular weight excluding hydrogens is 235 g/mol. The second-order valence-corrected chi connectivity index (χ2v) is 5.47. The molecule has 2 rings (SSSR count). The van der Waals surface area contributed by atoms with Gasteiger partial charge in [0.25, 0.3) is 5.67 Å². The van der Waals surface area contributed by atoms with Crippen LogP contribution in [0.25, 0.3) is 0 Å². The number of halogens is 1. The molecule has 1 aliphatic rings. The number of hydrogen-bond acceptors (Lipinski definition) is 3. The van der Waals surface area contributed by atoms with Crippen molar-refractivity contribution in [3.8, 4) is 0 Å². The van der Waals surface area contributed by atoms with E-state index < -0.39 is 23.0 Å². The summed E-state index contributed by atoms with van der Waals surface area (Å²) in [6.07, 6.45) is -0.239. The quantitative estimate of drug-likeness (QED) is 0.568. The molecule has 1 atom stereocenters. The van der Waals surface area contributed by atoms with Gasteiger partial charge in [-0.1, -0.05) is 24.3 Å². The minimum absolute atomic E-state index is 0.239. The fourth-order valence-corrected chi connectivity index (χ4v) is 1.98. The summed E-state index contributed by atoms with van der Waals surface area (Å²) in [5, 5.41) is 0. The molecule has 18 heavy (non-hydrogen) atoms. The zero-order valence-electron chi connectivity index (χ0n) is 10.6. The van der Waals surface area contributed by atoms with E-state index >= 15 is 0 Å². The Morgan fingerprint density at radius 2 is 1.94 bits per heavy atom. The normalized spacial score (nSPS) is 22.8. The number of carbonyl (C=O) groups excluding carboxylic acids is 2. The summed E-state index contributed by atoms with van der Waals surface area (Å²) in [7, 11) is 0. The topological polar surface area (TPSA) is 43.4 Å². The van der Waals surface area contributed by atoms with Crippen LogP contribution in [-0.4, -0.2) is 23.0 Å². The summed E-state index contributed by atoms with van der Waals surface area (Å²) >= 11 is 0. The van der Waals surface area contributed by atoms with Gasteiger partial charge in [0, 0.05) is 12.0 Å². The van der Waals surface area contributed by atoms with Crippen molar-refractivity contribution in [2.75, 3.05) is 0 Å². The molecule has 0 radical (unpaired) electrons. The minimum Gasteiger partial charge on any atom is -0.457 e. The van der Waals surface area contributed by atoms with Gasteiger partial charge in [-0.25, -0.2) is 9.18 Å². The highest BCUT2D eigenvalue weighted by Crippen LogP contribution is 2.35. The molecule has 0 fully saturated rings. The van der Waals surface area contributed by atoms with Crippen molar-refractivity contribution >= 4 is 11.8 Å². The number of hydrogen-bond donors (Lipinski definition) is 0. The van der Waals surface area contributed by atoms with E-state index in [-0.39, 0.29) is 12.0 Å². The van der Waals surface area contributed by atoms with E-state index in [4.69, 9.17) is 4.74 Å². The molecule has 0 heterocycles. The number of alkyl halides is 1. The highest BCUT2D eigenvalue weighted by atomic mass is 19.1. The standard InChI is InChI=1S/C14H15FO3/c1-13(2,3)18-12(17)14(15)8-9-6-4-5-7-10(9)11(14)16/h4-7H,8H2,1-3H3. The van der Waals surface area contributed by atoms with E-state index in [9.17, 15) is 14.0 Å². The molecule has 1 aromatic rings. The largest absolute Gasteiger partial charge is 0.457 e. The van der Waals surface area contributed by atoms with Crippen LogP contribution in [0.15, 0.2) is 24.3 Å². The molecule has 4 heteroatoms. The van der Waals surface area contributed by atoms with Crippen molar-refractivity contribution in [3.63, 3.8) is 0 Å². The van der Waals surface area contributed by atoms with Crippen LogP contribution in [0.3, 0.4) is 0 Å². The third kappa shape index (κ3) is 2.03. The minimum atomic E-state index is -2.57. The third-order valence-corrected chi connectivity index (χ3v) is 2.78. The van der Waals surface area contributed by atoms with Gasteiger partial charge in [0.1, 0.15) is 5.60 Å². The molecule has 0 aromatic heterocycles. The lowest BCUT2D eigenvalue weighted by Gasteiger charge is -2.24. The lowest BCUT2D eigenvalue weighted by molar-refractivity contribution is -0.165. The van der Waals surface area contributed by atoms with Crippen molar-refractivity contribution in [3.05, 3.63) is 35.4 Å². The third-order valence-electron chi connectivity index (χ3n) is 2.78. The van der Waals surface area contributed by atoms with Gasteiger partial charge in [-0.15, -0.1) is 0 Å². The molecule has 0 saturated carbocycles. The van der Waals surface area contributed by atoms with Gasteiger partial charge in [-0.3, -0.25) is 4.79 Å². The molecule has 0 aliphatic heterocycles. The van der Waals surface area contributed by atoms with Gasteiger partial charge in [-0.2, -0.15) is 0 Å². The summed E-state index contributed by atoms with van der Waals surface area (Å²) in [6, 6.07) is 6.55. The van der Waals surface area contributed by atoms with Gasteiger partial charge in [0.15, 0.2) is 0 Å². The Hall–Kier alpha value is -1.71. The Kier molecular flexibility index (Phi) is 2.76. The number of ether oxygens (including phenoxy) is 1. The first-order valence-corrected chi connectivity index (χ1v) is 5.79. The highest BCUT2D eigenvalue weighted by molar-refractivity contribution is 6.18. The summed E-state index contributed by atoms with van der Waals surface area (Å²) in [5.74, 6) is -1.90. The zero-order chi connectivity index (χ0) is 13.6. The Balaban J connectivity index is 2.31. The summed E-state index contributed by atoms with van der Waals surface area (Å²) < 4.78 is 19.6. The molecule has 1 aliphatic carbocycles. The molecule has 3 nitrogen and oxygen atoms in total. The Morgan fingerprint density at radius 3 is 2.50 bits per heavy atom. The molecule has 0 bridgehead atoms. The van der Waals surface area contributed by atoms with Crippen molar-refractivity contribution in [2.24, 2.45) is 0 Å². The predicted octanol–water partition coefficient (Wildman–Crippen LogP) is 2.48. The zero-order valence-corrected chi connectivity index (χ0v) is 10.6. The van der Waals surface area contributed by atoms with Crippen LogP contribution in [0.4, 0.5) is 4.39 Å². The molecule has 1 aromatic carbocycles. The Labute approximate surface area is 105 Å². The van der Waals surface area contributed by atoms with E-state index in [1.54, 1.807) is 39.0 Å². The van der Waals surface area contributed by atoms with E-state index in [2.05, 4.69) is 0 Å². The van der Waals surface area contributed by atoms with Crippen LogP contribution in [-0.2, 0) is 16.0 Å². The van der Waals surface area contributed by atoms with Crippen LogP contribution in [0.2, 0.25) is 0 Å². The van der Waals surface area contributed by atoms with Crippen LogP contribution >= 0.6 is 0 Å². The van der Waals surface area contributed by atoms with Gasteiger partial charge in [0.05, 0.1) is 0 Å². The maximum absolute atomic E-state index is 14.6. The number of rotatable bonds is 1. The second-order valence-electron chi connectivity index (χ2n) is 5.47. The average molecular weight is 250 g/mol. The molecule has 0 amide bonds. The molecule has 96 valence electrons. The second kappa shape index (κ2) is 3.90. The Bertz CT molecular complexity index is 516. The van der Waals surface area contributed by atoms with Crippen LogP contribution in [0, 0.1) is 0 Å². The molecule has 0 saturated heterocycles. The lowest BCUT2D eigenvalue weighted by Crippen LogP contribution is -2.44. The van der Waals surface area contributed by atoms with Crippen LogP contribution in [0.5, 0.6) is 0 Å². The molecular formula is C14H15FO3. The number of esters is 1. The number of carbonyl (C=O) groups is 2. The maximum atomic E-state index is 14.6. The fraction of sp³-hybridized carbons (Fsp3) is 0.429. The van der Waals surface area contributed by atoms with Gasteiger partial charge < -0.3 is 4.74 Å². The monoisotopic (exact) mass is 250 g/mol. The number of ketones is 1. The van der Waals surface area contributed by atoms with Crippen molar-refractivity contribution < 1.29 is 18.7 Å². The molecule has 1 unspecified atom stereocenters. The number of fused-ring (bicyclic) bond motifs is 1. The van der Waals surface area contributed by atoms with E-state index in [1.807, 2.05) is 0 Å². The van der Waals surface area contributed by atoms with Gasteiger partial charge in [0.2, 0.25) is 5.78 Å². The van der Waals surface area contributed by atoms with Gasteiger partial charge >= 0.3 is 5.97 Å². The summed E-state index contributed by atoms with van der Waals surface area (Å²) in [4.78, 5) is 23.8. The summed E-state index contributed by atoms with van der Waals surface area (Å²) in [6.45, 7) is 4.92. The highest BCUT2D eigenvalue weighted by Gasteiger charge is 2.54. The number of Topliss-reactive ketones (excluding diaryl/α,β-unsaturated/α-hetero) is 1. The lowest BCUT2D eigenvalue weighted by atomic mass is 10.0. The SMILES string of the molecule is CC(C)(C)OC(=O)C1(F)Cc2ccccc2C1=O.